The SMILES string of the molecule is CC/C=C\C[C@H](O)/C=C/C=C/C=C\C=C/[C@@H](O)[C@H](O)CCCC(=O)O[C@H](COC(=O)CCCCCCCCCCC(C)C)COP(=O)(O)OC[C@@H](O)CO. The van der Waals surface area contributed by atoms with Crippen molar-refractivity contribution in [2.75, 3.05) is 26.4 Å². The van der Waals surface area contributed by atoms with Crippen LogP contribution in [0, 0.1) is 5.92 Å². The van der Waals surface area contributed by atoms with Gasteiger partial charge in [0.1, 0.15) is 12.7 Å². The molecule has 54 heavy (non-hydrogen) atoms. The summed E-state index contributed by atoms with van der Waals surface area (Å²) in [6.45, 7) is 4.01. The first kappa shape index (κ1) is 51.5. The van der Waals surface area contributed by atoms with Crippen molar-refractivity contribution in [1.29, 1.82) is 0 Å². The van der Waals surface area contributed by atoms with Gasteiger partial charge in [0.05, 0.1) is 38.1 Å². The van der Waals surface area contributed by atoms with Gasteiger partial charge in [-0.2, -0.15) is 0 Å². The van der Waals surface area contributed by atoms with Crippen LogP contribution in [0.1, 0.15) is 117 Å². The summed E-state index contributed by atoms with van der Waals surface area (Å²) in [7, 11) is -4.71. The van der Waals surface area contributed by atoms with Gasteiger partial charge in [-0.1, -0.05) is 133 Å². The molecule has 0 fully saturated rings. The highest BCUT2D eigenvalue weighted by molar-refractivity contribution is 7.47. The molecule has 0 aliphatic rings. The first-order valence-corrected chi connectivity index (χ1v) is 20.9. The summed E-state index contributed by atoms with van der Waals surface area (Å²) in [6, 6.07) is 0. The summed E-state index contributed by atoms with van der Waals surface area (Å²) in [5, 5.41) is 48.6. The maximum Gasteiger partial charge on any atom is 0.472 e. The molecule has 0 aliphatic carbocycles. The second-order valence-corrected chi connectivity index (χ2v) is 15.1. The molecule has 0 aromatic heterocycles. The van der Waals surface area contributed by atoms with E-state index < -0.39 is 76.7 Å². The van der Waals surface area contributed by atoms with Gasteiger partial charge in [-0.05, 0) is 38.0 Å². The molecule has 0 saturated carbocycles. The average molecular weight is 789 g/mol. The summed E-state index contributed by atoms with van der Waals surface area (Å²) < 4.78 is 32.3. The van der Waals surface area contributed by atoms with E-state index >= 15 is 0 Å². The van der Waals surface area contributed by atoms with E-state index in [0.717, 1.165) is 31.6 Å². The fourth-order valence-electron chi connectivity index (χ4n) is 4.81. The Bertz CT molecular complexity index is 1150. The Morgan fingerprint density at radius 3 is 1.89 bits per heavy atom. The predicted molar refractivity (Wildman–Crippen MR) is 209 cm³/mol. The third-order valence-corrected chi connectivity index (χ3v) is 8.91. The van der Waals surface area contributed by atoms with E-state index in [4.69, 9.17) is 19.1 Å². The quantitative estimate of drug-likeness (QED) is 0.0139. The summed E-state index contributed by atoms with van der Waals surface area (Å²) in [4.78, 5) is 34.9. The number of phosphoric ester groups is 1. The maximum absolute atomic E-state index is 12.6. The Hall–Kier alpha value is -2.45. The van der Waals surface area contributed by atoms with Gasteiger partial charge in [0.25, 0.3) is 0 Å². The molecule has 0 rings (SSSR count). The van der Waals surface area contributed by atoms with Gasteiger partial charge in [0.2, 0.25) is 0 Å². The number of carbonyl (C=O) groups excluding carboxylic acids is 2. The number of ether oxygens (including phenoxy) is 2. The number of esters is 2. The fourth-order valence-corrected chi connectivity index (χ4v) is 5.60. The molecule has 0 spiro atoms. The Morgan fingerprint density at radius 2 is 1.26 bits per heavy atom. The number of phosphoric acid groups is 1. The summed E-state index contributed by atoms with van der Waals surface area (Å²) in [5.74, 6) is -0.531. The predicted octanol–water partition coefficient (Wildman–Crippen LogP) is 6.32. The van der Waals surface area contributed by atoms with E-state index in [2.05, 4.69) is 18.4 Å². The van der Waals surface area contributed by atoms with Crippen molar-refractivity contribution in [1.82, 2.24) is 0 Å². The minimum atomic E-state index is -4.71. The minimum absolute atomic E-state index is 0.0615. The Balaban J connectivity index is 4.75. The molecule has 1 unspecified atom stereocenters. The van der Waals surface area contributed by atoms with Gasteiger partial charge in [-0.25, -0.2) is 4.57 Å². The van der Waals surface area contributed by atoms with Gasteiger partial charge < -0.3 is 39.9 Å². The van der Waals surface area contributed by atoms with Gasteiger partial charge in [0, 0.05) is 12.8 Å². The van der Waals surface area contributed by atoms with Crippen LogP contribution in [-0.4, -0.2) is 99.3 Å². The van der Waals surface area contributed by atoms with Crippen molar-refractivity contribution in [2.24, 2.45) is 5.92 Å². The second kappa shape index (κ2) is 33.9. The number of carbonyl (C=O) groups is 2. The highest BCUT2D eigenvalue weighted by Crippen LogP contribution is 2.43. The van der Waals surface area contributed by atoms with Crippen LogP contribution in [-0.2, 0) is 32.7 Å². The molecule has 6 atom stereocenters. The summed E-state index contributed by atoms with van der Waals surface area (Å²) in [6.07, 6.45) is 23.0. The highest BCUT2D eigenvalue weighted by atomic mass is 31.2. The third kappa shape index (κ3) is 32.9. The lowest BCUT2D eigenvalue weighted by atomic mass is 10.0. The van der Waals surface area contributed by atoms with Crippen LogP contribution in [0.4, 0.5) is 0 Å². The van der Waals surface area contributed by atoms with Gasteiger partial charge in [-0.15, -0.1) is 0 Å². The molecule has 0 bridgehead atoms. The van der Waals surface area contributed by atoms with Crippen LogP contribution >= 0.6 is 7.82 Å². The lowest BCUT2D eigenvalue weighted by Crippen LogP contribution is -2.30. The van der Waals surface area contributed by atoms with E-state index in [9.17, 15) is 39.5 Å². The lowest BCUT2D eigenvalue weighted by molar-refractivity contribution is -0.161. The molecule has 312 valence electrons. The van der Waals surface area contributed by atoms with Crippen molar-refractivity contribution < 1.29 is 63.1 Å². The number of hydrogen-bond donors (Lipinski definition) is 6. The standard InChI is InChI=1S/C40H69O13P/c1-4-5-16-23-34(42)24-18-13-10-11-14-19-25-37(44)38(45)26-21-28-40(47)53-36(32-52-54(48,49)51-30-35(43)29-41)31-50-39(46)27-20-15-9-7-6-8-12-17-22-33(2)3/h5,10-11,13-14,16,18-19,24-25,33-38,41-45H,4,6-9,12,15,17,20-23,26-32H2,1-3H3,(H,48,49)/b13-10+,14-11-,16-5-,24-18+,25-19-/t34-,35-,36+,37+,38+/m0/s1. The largest absolute Gasteiger partial charge is 0.472 e. The minimum Gasteiger partial charge on any atom is -0.462 e. The lowest BCUT2D eigenvalue weighted by Gasteiger charge is -2.20. The Labute approximate surface area is 323 Å². The molecule has 13 nitrogen and oxygen atoms in total. The molecule has 0 aromatic carbocycles. The van der Waals surface area contributed by atoms with Crippen molar-refractivity contribution in [2.45, 2.75) is 148 Å². The normalized spacial score (nSPS) is 16.5. The van der Waals surface area contributed by atoms with Crippen LogP contribution < -0.4 is 0 Å². The van der Waals surface area contributed by atoms with Crippen LogP contribution in [0.15, 0.2) is 60.8 Å². The first-order chi connectivity index (χ1) is 25.8. The molecule has 0 amide bonds. The van der Waals surface area contributed by atoms with E-state index in [1.165, 1.54) is 38.2 Å². The van der Waals surface area contributed by atoms with Crippen LogP contribution in [0.25, 0.3) is 0 Å². The Kier molecular flexibility index (Phi) is 32.3. The molecule has 0 heterocycles. The average Bonchev–Trinajstić information content (AvgIpc) is 3.13. The van der Waals surface area contributed by atoms with Gasteiger partial charge >= 0.3 is 19.8 Å². The molecular formula is C40H69O13P. The molecule has 0 radical (unpaired) electrons. The van der Waals surface area contributed by atoms with E-state index in [1.807, 2.05) is 19.1 Å². The highest BCUT2D eigenvalue weighted by Gasteiger charge is 2.27. The van der Waals surface area contributed by atoms with Crippen LogP contribution in [0.3, 0.4) is 0 Å². The van der Waals surface area contributed by atoms with Gasteiger partial charge in [0.15, 0.2) is 6.10 Å². The van der Waals surface area contributed by atoms with Crippen LogP contribution in [0.5, 0.6) is 0 Å². The number of hydrogen-bond acceptors (Lipinski definition) is 12. The zero-order chi connectivity index (χ0) is 40.5. The first-order valence-electron chi connectivity index (χ1n) is 19.4. The topological polar surface area (TPSA) is 210 Å². The number of allylic oxidation sites excluding steroid dienone is 7. The maximum atomic E-state index is 12.6. The number of aliphatic hydroxyl groups is 5. The van der Waals surface area contributed by atoms with Crippen molar-refractivity contribution in [3.8, 4) is 0 Å². The fraction of sp³-hybridized carbons (Fsp3) is 0.700. The van der Waals surface area contributed by atoms with Crippen molar-refractivity contribution in [3.63, 3.8) is 0 Å². The summed E-state index contributed by atoms with van der Waals surface area (Å²) >= 11 is 0. The molecule has 6 N–H and O–H groups in total. The zero-order valence-electron chi connectivity index (χ0n) is 32.7. The molecular weight excluding hydrogens is 719 g/mol. The van der Waals surface area contributed by atoms with Crippen molar-refractivity contribution >= 4 is 19.8 Å². The Morgan fingerprint density at radius 1 is 0.685 bits per heavy atom. The number of aliphatic hydroxyl groups excluding tert-OH is 5. The number of unbranched alkanes of at least 4 members (excludes halogenated alkanes) is 7. The smallest absolute Gasteiger partial charge is 0.462 e. The van der Waals surface area contributed by atoms with Crippen molar-refractivity contribution in [3.05, 3.63) is 60.8 Å². The van der Waals surface area contributed by atoms with E-state index in [1.54, 1.807) is 42.5 Å². The summed E-state index contributed by atoms with van der Waals surface area (Å²) in [5.41, 5.74) is 0. The number of rotatable bonds is 34. The molecule has 0 aromatic rings. The molecule has 0 aliphatic heterocycles. The van der Waals surface area contributed by atoms with Crippen LogP contribution in [0.2, 0.25) is 0 Å². The van der Waals surface area contributed by atoms with Gasteiger partial charge in [-0.3, -0.25) is 18.6 Å². The molecule has 0 saturated heterocycles. The van der Waals surface area contributed by atoms with E-state index in [-0.39, 0.29) is 25.7 Å². The second-order valence-electron chi connectivity index (χ2n) is 13.6. The zero-order valence-corrected chi connectivity index (χ0v) is 33.6. The van der Waals surface area contributed by atoms with E-state index in [0.29, 0.717) is 12.8 Å². The monoisotopic (exact) mass is 788 g/mol. The third-order valence-electron chi connectivity index (χ3n) is 7.96. The molecule has 14 heteroatoms.